The highest BCUT2D eigenvalue weighted by Crippen LogP contribution is 2.25. The fourth-order valence-electron chi connectivity index (χ4n) is 4.26. The number of nitrogens with one attached hydrogen (secondary N) is 1. The molecule has 1 aliphatic carbocycles. The van der Waals surface area contributed by atoms with Crippen molar-refractivity contribution in [2.24, 2.45) is 0 Å². The molecule has 2 amide bonds. The SMILES string of the molecule is CCC[C@H](NC(=O)Cn1cnc2c1CCCC2)C(=O)N1CCc2sccc2C1. The normalized spacial score (nSPS) is 17.0. The van der Waals surface area contributed by atoms with Gasteiger partial charge in [-0.2, -0.15) is 0 Å². The number of thiophene rings is 1. The molecule has 0 radical (unpaired) electrons. The van der Waals surface area contributed by atoms with E-state index in [4.69, 9.17) is 0 Å². The zero-order valence-corrected chi connectivity index (χ0v) is 17.3. The molecule has 4 rings (SSSR count). The maximum Gasteiger partial charge on any atom is 0.245 e. The molecule has 0 spiro atoms. The van der Waals surface area contributed by atoms with E-state index in [1.54, 1.807) is 17.7 Å². The summed E-state index contributed by atoms with van der Waals surface area (Å²) in [5.41, 5.74) is 3.55. The first kappa shape index (κ1) is 19.2. The van der Waals surface area contributed by atoms with Crippen molar-refractivity contribution < 1.29 is 9.59 Å². The number of imidazole rings is 1. The minimum Gasteiger partial charge on any atom is -0.343 e. The molecule has 150 valence electrons. The van der Waals surface area contributed by atoms with Crippen molar-refractivity contribution in [2.45, 2.75) is 71.0 Å². The Morgan fingerprint density at radius 2 is 2.14 bits per heavy atom. The highest BCUT2D eigenvalue weighted by atomic mass is 32.1. The molecule has 2 aromatic rings. The van der Waals surface area contributed by atoms with Crippen LogP contribution in [-0.4, -0.2) is 38.9 Å². The fourth-order valence-corrected chi connectivity index (χ4v) is 5.15. The van der Waals surface area contributed by atoms with E-state index in [0.29, 0.717) is 13.0 Å². The van der Waals surface area contributed by atoms with Gasteiger partial charge in [-0.3, -0.25) is 9.59 Å². The van der Waals surface area contributed by atoms with Crippen LogP contribution in [0.3, 0.4) is 0 Å². The van der Waals surface area contributed by atoms with E-state index in [-0.39, 0.29) is 18.4 Å². The Balaban J connectivity index is 1.39. The van der Waals surface area contributed by atoms with E-state index in [0.717, 1.165) is 44.3 Å². The molecular formula is C21H28N4O2S. The van der Waals surface area contributed by atoms with E-state index in [2.05, 4.69) is 21.7 Å². The summed E-state index contributed by atoms with van der Waals surface area (Å²) in [7, 11) is 0. The molecular weight excluding hydrogens is 372 g/mol. The van der Waals surface area contributed by atoms with Crippen molar-refractivity contribution in [3.63, 3.8) is 0 Å². The molecule has 2 aliphatic rings. The number of carbonyl (C=O) groups is 2. The number of carbonyl (C=O) groups excluding carboxylic acids is 2. The molecule has 0 fully saturated rings. The molecule has 1 aliphatic heterocycles. The quantitative estimate of drug-likeness (QED) is 0.811. The molecule has 6 nitrogen and oxygen atoms in total. The molecule has 2 aromatic heterocycles. The molecule has 0 unspecified atom stereocenters. The Morgan fingerprint density at radius 1 is 1.29 bits per heavy atom. The summed E-state index contributed by atoms with van der Waals surface area (Å²) in [5.74, 6) is -0.0643. The number of aromatic nitrogens is 2. The van der Waals surface area contributed by atoms with Gasteiger partial charge in [0.15, 0.2) is 0 Å². The predicted octanol–water partition coefficient (Wildman–Crippen LogP) is 2.69. The molecule has 0 bridgehead atoms. The van der Waals surface area contributed by atoms with E-state index < -0.39 is 6.04 Å². The van der Waals surface area contributed by atoms with Gasteiger partial charge in [-0.05, 0) is 55.5 Å². The molecule has 1 N–H and O–H groups in total. The van der Waals surface area contributed by atoms with Crippen LogP contribution in [0.15, 0.2) is 17.8 Å². The van der Waals surface area contributed by atoms with Gasteiger partial charge in [0.2, 0.25) is 11.8 Å². The molecule has 0 saturated carbocycles. The second-order valence-electron chi connectivity index (χ2n) is 7.76. The lowest BCUT2D eigenvalue weighted by atomic mass is 10.0. The molecule has 7 heteroatoms. The summed E-state index contributed by atoms with van der Waals surface area (Å²) in [6.45, 7) is 3.68. The maximum atomic E-state index is 13.1. The van der Waals surface area contributed by atoms with Crippen LogP contribution in [-0.2, 0) is 41.9 Å². The topological polar surface area (TPSA) is 67.2 Å². The van der Waals surface area contributed by atoms with Crippen LogP contribution in [0, 0.1) is 0 Å². The number of fused-ring (bicyclic) bond motifs is 2. The number of rotatable bonds is 6. The molecule has 3 heterocycles. The zero-order valence-electron chi connectivity index (χ0n) is 16.4. The number of amides is 2. The molecule has 0 saturated heterocycles. The lowest BCUT2D eigenvalue weighted by Gasteiger charge is -2.31. The smallest absolute Gasteiger partial charge is 0.245 e. The third-order valence-electron chi connectivity index (χ3n) is 5.75. The summed E-state index contributed by atoms with van der Waals surface area (Å²) in [4.78, 5) is 33.5. The highest BCUT2D eigenvalue weighted by Gasteiger charge is 2.28. The average Bonchev–Trinajstić information content (AvgIpc) is 3.33. The predicted molar refractivity (Wildman–Crippen MR) is 109 cm³/mol. The van der Waals surface area contributed by atoms with E-state index in [1.165, 1.54) is 22.6 Å². The second-order valence-corrected chi connectivity index (χ2v) is 8.76. The van der Waals surface area contributed by atoms with E-state index in [1.807, 2.05) is 16.4 Å². The molecule has 1 atom stereocenters. The zero-order chi connectivity index (χ0) is 19.5. The van der Waals surface area contributed by atoms with Crippen molar-refractivity contribution in [1.82, 2.24) is 19.8 Å². The van der Waals surface area contributed by atoms with Gasteiger partial charge >= 0.3 is 0 Å². The number of hydrogen-bond donors (Lipinski definition) is 1. The molecule has 0 aromatic carbocycles. The Morgan fingerprint density at radius 3 is 3.00 bits per heavy atom. The monoisotopic (exact) mass is 400 g/mol. The number of aryl methyl sites for hydroxylation is 1. The first-order chi connectivity index (χ1) is 13.7. The van der Waals surface area contributed by atoms with Gasteiger partial charge in [0.25, 0.3) is 0 Å². The van der Waals surface area contributed by atoms with Gasteiger partial charge in [0.1, 0.15) is 12.6 Å². The van der Waals surface area contributed by atoms with Crippen LogP contribution >= 0.6 is 11.3 Å². The summed E-state index contributed by atoms with van der Waals surface area (Å²) >= 11 is 1.77. The van der Waals surface area contributed by atoms with Crippen LogP contribution in [0.4, 0.5) is 0 Å². The van der Waals surface area contributed by atoms with Crippen LogP contribution in [0.2, 0.25) is 0 Å². The van der Waals surface area contributed by atoms with Crippen LogP contribution in [0.1, 0.15) is 54.4 Å². The second kappa shape index (κ2) is 8.47. The van der Waals surface area contributed by atoms with Gasteiger partial charge in [-0.25, -0.2) is 4.98 Å². The Kier molecular flexibility index (Phi) is 5.80. The van der Waals surface area contributed by atoms with Gasteiger partial charge in [-0.1, -0.05) is 13.3 Å². The minimum absolute atomic E-state index is 0.0414. The van der Waals surface area contributed by atoms with Crippen LogP contribution in [0.5, 0.6) is 0 Å². The largest absolute Gasteiger partial charge is 0.343 e. The highest BCUT2D eigenvalue weighted by molar-refractivity contribution is 7.10. The number of nitrogens with zero attached hydrogens (tertiary/aromatic N) is 3. The first-order valence-electron chi connectivity index (χ1n) is 10.3. The summed E-state index contributed by atoms with van der Waals surface area (Å²) in [6, 6.07) is 1.66. The maximum absolute atomic E-state index is 13.1. The lowest BCUT2D eigenvalue weighted by Crippen LogP contribution is -2.50. The van der Waals surface area contributed by atoms with Gasteiger partial charge in [0, 0.05) is 23.7 Å². The number of hydrogen-bond acceptors (Lipinski definition) is 4. The molecule has 28 heavy (non-hydrogen) atoms. The van der Waals surface area contributed by atoms with Crippen molar-refractivity contribution in [1.29, 1.82) is 0 Å². The van der Waals surface area contributed by atoms with Gasteiger partial charge in [-0.15, -0.1) is 11.3 Å². The standard InChI is InChI=1S/C21H28N4O2S/c1-2-5-17(21(27)24-10-8-19-15(12-24)9-11-28-19)23-20(26)13-25-14-22-16-6-3-4-7-18(16)25/h9,11,14,17H,2-8,10,12-13H2,1H3,(H,23,26)/t17-/m0/s1. The Labute approximate surface area is 169 Å². The fraction of sp³-hybridized carbons (Fsp3) is 0.571. The van der Waals surface area contributed by atoms with E-state index >= 15 is 0 Å². The van der Waals surface area contributed by atoms with Crippen molar-refractivity contribution in [2.75, 3.05) is 6.54 Å². The summed E-state index contributed by atoms with van der Waals surface area (Å²) in [5, 5.41) is 5.09. The van der Waals surface area contributed by atoms with Gasteiger partial charge in [0.05, 0.1) is 12.0 Å². The average molecular weight is 401 g/mol. The van der Waals surface area contributed by atoms with Crippen LogP contribution < -0.4 is 5.32 Å². The third-order valence-corrected chi connectivity index (χ3v) is 6.78. The summed E-state index contributed by atoms with van der Waals surface area (Å²) in [6.07, 6.45) is 8.51. The third kappa shape index (κ3) is 3.99. The Bertz CT molecular complexity index is 856. The lowest BCUT2D eigenvalue weighted by molar-refractivity contribution is -0.137. The van der Waals surface area contributed by atoms with Crippen molar-refractivity contribution >= 4 is 23.2 Å². The first-order valence-corrected chi connectivity index (χ1v) is 11.2. The van der Waals surface area contributed by atoms with Crippen molar-refractivity contribution in [3.8, 4) is 0 Å². The van der Waals surface area contributed by atoms with Gasteiger partial charge < -0.3 is 14.8 Å². The minimum atomic E-state index is -0.447. The van der Waals surface area contributed by atoms with Crippen molar-refractivity contribution in [3.05, 3.63) is 39.6 Å². The van der Waals surface area contributed by atoms with Crippen LogP contribution in [0.25, 0.3) is 0 Å². The van der Waals surface area contributed by atoms with E-state index in [9.17, 15) is 9.59 Å². The summed E-state index contributed by atoms with van der Waals surface area (Å²) < 4.78 is 1.95. The Hall–Kier alpha value is -2.15.